The monoisotopic (exact) mass is 316 g/mol. The Bertz CT molecular complexity index is 676. The lowest BCUT2D eigenvalue weighted by atomic mass is 10.1. The second kappa shape index (κ2) is 7.58. The smallest absolute Gasteiger partial charge is 0.326 e. The summed E-state index contributed by atoms with van der Waals surface area (Å²) >= 11 is 0. The summed E-state index contributed by atoms with van der Waals surface area (Å²) < 4.78 is 5.63. The number of hydrogen-bond donors (Lipinski definition) is 2. The van der Waals surface area contributed by atoms with E-state index in [1.165, 1.54) is 0 Å². The third-order valence-corrected chi connectivity index (χ3v) is 3.50. The van der Waals surface area contributed by atoms with Crippen molar-refractivity contribution >= 4 is 11.9 Å². The summed E-state index contributed by atoms with van der Waals surface area (Å²) in [7, 11) is 0. The Morgan fingerprint density at radius 2 is 2.00 bits per heavy atom. The number of aromatic nitrogens is 1. The third kappa shape index (κ3) is 4.67. The Hall–Kier alpha value is -2.63. The number of nitrogens with zero attached hydrogens (tertiary/aromatic N) is 1. The van der Waals surface area contributed by atoms with Crippen LogP contribution in [0.3, 0.4) is 0 Å². The number of nitrogens with one attached hydrogen (secondary N) is 1. The molecule has 0 aliphatic heterocycles. The number of carbonyl (C=O) groups is 2. The van der Waals surface area contributed by atoms with Crippen LogP contribution in [0.1, 0.15) is 31.2 Å². The molecule has 0 aliphatic carbocycles. The van der Waals surface area contributed by atoms with E-state index in [1.807, 2.05) is 31.2 Å². The highest BCUT2D eigenvalue weighted by Crippen LogP contribution is 2.21. The summed E-state index contributed by atoms with van der Waals surface area (Å²) in [6.45, 7) is 3.72. The van der Waals surface area contributed by atoms with Crippen LogP contribution in [-0.2, 0) is 16.0 Å². The summed E-state index contributed by atoms with van der Waals surface area (Å²) in [6.07, 6.45) is 2.44. The highest BCUT2D eigenvalue weighted by molar-refractivity contribution is 5.83. The van der Waals surface area contributed by atoms with E-state index in [4.69, 9.17) is 9.52 Å². The lowest BCUT2D eigenvalue weighted by Crippen LogP contribution is -2.40. The van der Waals surface area contributed by atoms with Crippen molar-refractivity contribution in [3.05, 3.63) is 41.9 Å². The molecule has 1 aromatic carbocycles. The van der Waals surface area contributed by atoms with Gasteiger partial charge in [-0.15, -0.1) is 0 Å². The highest BCUT2D eigenvalue weighted by atomic mass is 16.4. The molecule has 0 spiro atoms. The molecule has 122 valence electrons. The van der Waals surface area contributed by atoms with Gasteiger partial charge < -0.3 is 14.8 Å². The first kappa shape index (κ1) is 16.7. The molecule has 0 aliphatic rings. The number of carboxylic acid groups (broad SMARTS) is 1. The van der Waals surface area contributed by atoms with Gasteiger partial charge in [-0.2, -0.15) is 0 Å². The van der Waals surface area contributed by atoms with Crippen molar-refractivity contribution in [1.82, 2.24) is 10.3 Å². The van der Waals surface area contributed by atoms with Gasteiger partial charge >= 0.3 is 5.97 Å². The molecule has 1 unspecified atom stereocenters. The van der Waals surface area contributed by atoms with Crippen LogP contribution >= 0.6 is 0 Å². The van der Waals surface area contributed by atoms with Gasteiger partial charge in [-0.05, 0) is 13.3 Å². The molecule has 0 saturated carbocycles. The zero-order chi connectivity index (χ0) is 16.8. The minimum atomic E-state index is -1.03. The number of carbonyl (C=O) groups excluding carboxylic acids is 1. The Kier molecular flexibility index (Phi) is 5.51. The lowest BCUT2D eigenvalue weighted by Gasteiger charge is -2.11. The molecular formula is C17H20N2O4. The van der Waals surface area contributed by atoms with E-state index in [1.54, 1.807) is 13.1 Å². The molecule has 6 heteroatoms. The Labute approximate surface area is 134 Å². The standard InChI is InChI=1S/C17H20N2O4/c1-3-13(17(21)22)19-15(20)8-9-16-18-10-14(23-16)12-6-4-11(2)5-7-12/h4-7,10,13H,3,8-9H2,1-2H3,(H,19,20)(H,21,22). The normalized spacial score (nSPS) is 11.9. The van der Waals surface area contributed by atoms with Crippen LogP contribution in [0, 0.1) is 6.92 Å². The number of amides is 1. The zero-order valence-corrected chi connectivity index (χ0v) is 13.2. The second-order valence-electron chi connectivity index (χ2n) is 5.35. The second-order valence-corrected chi connectivity index (χ2v) is 5.35. The number of benzene rings is 1. The molecule has 1 amide bonds. The summed E-state index contributed by atoms with van der Waals surface area (Å²) in [5, 5.41) is 11.4. The van der Waals surface area contributed by atoms with Gasteiger partial charge in [0.25, 0.3) is 0 Å². The largest absolute Gasteiger partial charge is 0.480 e. The Morgan fingerprint density at radius 3 is 2.61 bits per heavy atom. The predicted molar refractivity (Wildman–Crippen MR) is 84.9 cm³/mol. The predicted octanol–water partition coefficient (Wildman–Crippen LogP) is 2.56. The van der Waals surface area contributed by atoms with Gasteiger partial charge in [0, 0.05) is 18.4 Å². The Balaban J connectivity index is 1.91. The number of oxazole rings is 1. The van der Waals surface area contributed by atoms with Crippen molar-refractivity contribution in [3.63, 3.8) is 0 Å². The highest BCUT2D eigenvalue weighted by Gasteiger charge is 2.17. The average molecular weight is 316 g/mol. The van der Waals surface area contributed by atoms with Crippen molar-refractivity contribution in [1.29, 1.82) is 0 Å². The number of carboxylic acids is 1. The SMILES string of the molecule is CCC(NC(=O)CCc1ncc(-c2ccc(C)cc2)o1)C(=O)O. The first-order valence-electron chi connectivity index (χ1n) is 7.53. The van der Waals surface area contributed by atoms with E-state index in [2.05, 4.69) is 10.3 Å². The van der Waals surface area contributed by atoms with Crippen LogP contribution in [0.5, 0.6) is 0 Å². The fourth-order valence-corrected chi connectivity index (χ4v) is 2.10. The number of aryl methyl sites for hydroxylation is 2. The lowest BCUT2D eigenvalue weighted by molar-refractivity contribution is -0.141. The zero-order valence-electron chi connectivity index (χ0n) is 13.2. The number of rotatable bonds is 7. The topological polar surface area (TPSA) is 92.4 Å². The fraction of sp³-hybridized carbons (Fsp3) is 0.353. The molecule has 1 atom stereocenters. The average Bonchev–Trinajstić information content (AvgIpc) is 3.00. The van der Waals surface area contributed by atoms with E-state index in [9.17, 15) is 9.59 Å². The molecule has 6 nitrogen and oxygen atoms in total. The number of aliphatic carboxylic acids is 1. The van der Waals surface area contributed by atoms with E-state index in [0.717, 1.165) is 11.1 Å². The van der Waals surface area contributed by atoms with Gasteiger partial charge in [0.05, 0.1) is 6.20 Å². The molecular weight excluding hydrogens is 296 g/mol. The van der Waals surface area contributed by atoms with E-state index < -0.39 is 12.0 Å². The van der Waals surface area contributed by atoms with Gasteiger partial charge in [-0.25, -0.2) is 9.78 Å². The van der Waals surface area contributed by atoms with Gasteiger partial charge in [-0.1, -0.05) is 36.8 Å². The van der Waals surface area contributed by atoms with Crippen molar-refractivity contribution in [2.24, 2.45) is 0 Å². The van der Waals surface area contributed by atoms with E-state index in [0.29, 0.717) is 24.5 Å². The summed E-state index contributed by atoms with van der Waals surface area (Å²) in [5.41, 5.74) is 2.09. The van der Waals surface area contributed by atoms with Crippen LogP contribution in [-0.4, -0.2) is 28.0 Å². The Morgan fingerprint density at radius 1 is 1.30 bits per heavy atom. The molecule has 0 radical (unpaired) electrons. The first-order chi connectivity index (χ1) is 11.0. The van der Waals surface area contributed by atoms with Crippen LogP contribution in [0.25, 0.3) is 11.3 Å². The maximum atomic E-state index is 11.8. The molecule has 1 aromatic heterocycles. The van der Waals surface area contributed by atoms with Crippen LogP contribution in [0.2, 0.25) is 0 Å². The van der Waals surface area contributed by atoms with E-state index >= 15 is 0 Å². The molecule has 2 N–H and O–H groups in total. The fourth-order valence-electron chi connectivity index (χ4n) is 2.10. The molecule has 2 aromatic rings. The van der Waals surface area contributed by atoms with Crippen molar-refractivity contribution in [2.75, 3.05) is 0 Å². The van der Waals surface area contributed by atoms with Crippen LogP contribution < -0.4 is 5.32 Å². The molecule has 0 bridgehead atoms. The van der Waals surface area contributed by atoms with Crippen LogP contribution in [0.15, 0.2) is 34.9 Å². The summed E-state index contributed by atoms with van der Waals surface area (Å²) in [6, 6.07) is 7.02. The minimum absolute atomic E-state index is 0.137. The molecule has 1 heterocycles. The molecule has 23 heavy (non-hydrogen) atoms. The molecule has 0 fully saturated rings. The quantitative estimate of drug-likeness (QED) is 0.819. The van der Waals surface area contributed by atoms with E-state index in [-0.39, 0.29) is 12.3 Å². The minimum Gasteiger partial charge on any atom is -0.480 e. The van der Waals surface area contributed by atoms with Gasteiger partial charge in [0.1, 0.15) is 6.04 Å². The van der Waals surface area contributed by atoms with Crippen LogP contribution in [0.4, 0.5) is 0 Å². The summed E-state index contributed by atoms with van der Waals surface area (Å²) in [4.78, 5) is 26.8. The third-order valence-electron chi connectivity index (χ3n) is 3.50. The maximum absolute atomic E-state index is 11.8. The summed E-state index contributed by atoms with van der Waals surface area (Å²) in [5.74, 6) is -0.246. The van der Waals surface area contributed by atoms with Gasteiger partial charge in [-0.3, -0.25) is 4.79 Å². The maximum Gasteiger partial charge on any atom is 0.326 e. The van der Waals surface area contributed by atoms with Gasteiger partial charge in [0.15, 0.2) is 11.7 Å². The number of hydrogen-bond acceptors (Lipinski definition) is 4. The van der Waals surface area contributed by atoms with Crippen molar-refractivity contribution in [3.8, 4) is 11.3 Å². The first-order valence-corrected chi connectivity index (χ1v) is 7.53. The van der Waals surface area contributed by atoms with Crippen molar-refractivity contribution < 1.29 is 19.1 Å². The molecule has 0 saturated heterocycles. The van der Waals surface area contributed by atoms with Gasteiger partial charge in [0.2, 0.25) is 5.91 Å². The molecule has 2 rings (SSSR count). The van der Waals surface area contributed by atoms with Crippen molar-refractivity contribution in [2.45, 2.75) is 39.2 Å².